The number of nitrogens with zero attached hydrogens (tertiary/aromatic N) is 5. The Bertz CT molecular complexity index is 1520. The van der Waals surface area contributed by atoms with Gasteiger partial charge in [-0.3, -0.25) is 14.9 Å². The fraction of sp³-hybridized carbons (Fsp3) is 0.167. The average molecular weight is 591 g/mol. The van der Waals surface area contributed by atoms with E-state index in [4.69, 9.17) is 27.9 Å². The Hall–Kier alpha value is -3.34. The van der Waals surface area contributed by atoms with Crippen molar-refractivity contribution in [3.63, 3.8) is 0 Å². The van der Waals surface area contributed by atoms with Crippen molar-refractivity contribution in [2.75, 3.05) is 0 Å². The van der Waals surface area contributed by atoms with Crippen LogP contribution >= 0.6 is 39.1 Å². The molecule has 0 fully saturated rings. The van der Waals surface area contributed by atoms with E-state index in [1.54, 1.807) is 24.3 Å². The maximum Gasteiger partial charge on any atom is 0.287 e. The average Bonchev–Trinajstić information content (AvgIpc) is 2.85. The quantitative estimate of drug-likeness (QED) is 0.127. The molecule has 0 spiro atoms. The van der Waals surface area contributed by atoms with Crippen molar-refractivity contribution in [1.29, 1.82) is 0 Å². The number of benzene rings is 2. The van der Waals surface area contributed by atoms with Crippen LogP contribution in [-0.4, -0.2) is 25.8 Å². The summed E-state index contributed by atoms with van der Waals surface area (Å²) in [6.45, 7) is 2.06. The van der Waals surface area contributed by atoms with Gasteiger partial charge in [0.2, 0.25) is 5.88 Å². The molecule has 0 saturated carbocycles. The summed E-state index contributed by atoms with van der Waals surface area (Å²) in [5.41, 5.74) is 0.671. The molecule has 0 amide bonds. The highest BCUT2D eigenvalue weighted by atomic mass is 79.9. The Morgan fingerprint density at radius 2 is 1.94 bits per heavy atom. The van der Waals surface area contributed by atoms with Gasteiger partial charge in [0.15, 0.2) is 5.75 Å². The SMILES string of the molecule is CCCCc1nc2ccc(Br)cc2c(=O)n1N=Cc1cc(Cl)c(Oc2ccc([N+](=O)[O-])cn2)c(Cl)c1. The second-order valence-corrected chi connectivity index (χ2v) is 9.41. The summed E-state index contributed by atoms with van der Waals surface area (Å²) in [4.78, 5) is 32.0. The van der Waals surface area contributed by atoms with Gasteiger partial charge in [0.05, 0.1) is 32.1 Å². The van der Waals surface area contributed by atoms with E-state index in [9.17, 15) is 14.9 Å². The normalized spacial score (nSPS) is 11.3. The van der Waals surface area contributed by atoms with Crippen molar-refractivity contribution < 1.29 is 9.66 Å². The molecule has 36 heavy (non-hydrogen) atoms. The monoisotopic (exact) mass is 589 g/mol. The molecular weight excluding hydrogens is 573 g/mol. The Kier molecular flexibility index (Phi) is 7.97. The second-order valence-electron chi connectivity index (χ2n) is 7.68. The lowest BCUT2D eigenvalue weighted by Crippen LogP contribution is -2.22. The van der Waals surface area contributed by atoms with Gasteiger partial charge in [0.1, 0.15) is 12.0 Å². The number of ether oxygens (including phenoxy) is 1. The molecule has 0 aliphatic rings. The number of aryl methyl sites for hydroxylation is 1. The molecule has 0 bridgehead atoms. The van der Waals surface area contributed by atoms with Crippen LogP contribution in [0, 0.1) is 10.1 Å². The number of rotatable bonds is 8. The second kappa shape index (κ2) is 11.2. The summed E-state index contributed by atoms with van der Waals surface area (Å²) in [7, 11) is 0. The van der Waals surface area contributed by atoms with Gasteiger partial charge in [-0.15, -0.1) is 0 Å². The summed E-state index contributed by atoms with van der Waals surface area (Å²) >= 11 is 16.2. The third-order valence-corrected chi connectivity index (χ3v) is 6.17. The lowest BCUT2D eigenvalue weighted by atomic mass is 10.2. The maximum atomic E-state index is 13.2. The third-order valence-electron chi connectivity index (χ3n) is 5.11. The molecule has 0 aliphatic heterocycles. The number of aromatic nitrogens is 3. The van der Waals surface area contributed by atoms with Crippen LogP contribution in [0.3, 0.4) is 0 Å². The summed E-state index contributed by atoms with van der Waals surface area (Å²) in [5, 5.41) is 16.0. The first kappa shape index (κ1) is 25.7. The molecule has 2 heterocycles. The van der Waals surface area contributed by atoms with Gasteiger partial charge in [0, 0.05) is 23.0 Å². The van der Waals surface area contributed by atoms with Crippen LogP contribution in [0.1, 0.15) is 31.2 Å². The van der Waals surface area contributed by atoms with Crippen LogP contribution in [0.5, 0.6) is 11.6 Å². The van der Waals surface area contributed by atoms with E-state index in [0.29, 0.717) is 28.7 Å². The number of hydrogen-bond acceptors (Lipinski definition) is 7. The predicted molar refractivity (Wildman–Crippen MR) is 143 cm³/mol. The largest absolute Gasteiger partial charge is 0.436 e. The van der Waals surface area contributed by atoms with Gasteiger partial charge in [-0.25, -0.2) is 9.97 Å². The van der Waals surface area contributed by atoms with E-state index in [-0.39, 0.29) is 32.9 Å². The van der Waals surface area contributed by atoms with Crippen molar-refractivity contribution in [2.24, 2.45) is 5.10 Å². The summed E-state index contributed by atoms with van der Waals surface area (Å²) in [6.07, 6.45) is 4.92. The minimum absolute atomic E-state index is 0.0892. The predicted octanol–water partition coefficient (Wildman–Crippen LogP) is 6.79. The van der Waals surface area contributed by atoms with Crippen molar-refractivity contribution in [3.8, 4) is 11.6 Å². The number of hydrogen-bond donors (Lipinski definition) is 0. The van der Waals surface area contributed by atoms with Crippen LogP contribution in [0.2, 0.25) is 10.0 Å². The van der Waals surface area contributed by atoms with Crippen LogP contribution in [0.4, 0.5) is 5.69 Å². The first-order valence-corrected chi connectivity index (χ1v) is 12.3. The van der Waals surface area contributed by atoms with Crippen LogP contribution in [0.25, 0.3) is 10.9 Å². The summed E-state index contributed by atoms with van der Waals surface area (Å²) in [6, 6.07) is 11.1. The van der Waals surface area contributed by atoms with Crippen molar-refractivity contribution in [2.45, 2.75) is 26.2 Å². The van der Waals surface area contributed by atoms with Crippen molar-refractivity contribution >= 4 is 61.9 Å². The van der Waals surface area contributed by atoms with E-state index >= 15 is 0 Å². The molecule has 2 aromatic carbocycles. The summed E-state index contributed by atoms with van der Waals surface area (Å²) < 4.78 is 7.68. The minimum Gasteiger partial charge on any atom is -0.436 e. The van der Waals surface area contributed by atoms with E-state index in [1.165, 1.54) is 23.0 Å². The van der Waals surface area contributed by atoms with Crippen LogP contribution in [-0.2, 0) is 6.42 Å². The topological polar surface area (TPSA) is 113 Å². The summed E-state index contributed by atoms with van der Waals surface area (Å²) in [5.74, 6) is 0.774. The lowest BCUT2D eigenvalue weighted by Gasteiger charge is -2.10. The molecule has 4 rings (SSSR count). The van der Waals surface area contributed by atoms with Crippen molar-refractivity contribution in [3.05, 3.63) is 95.0 Å². The molecule has 9 nitrogen and oxygen atoms in total. The zero-order valence-electron chi connectivity index (χ0n) is 18.8. The van der Waals surface area contributed by atoms with Crippen LogP contribution < -0.4 is 10.3 Å². The van der Waals surface area contributed by atoms with E-state index in [0.717, 1.165) is 23.5 Å². The molecule has 2 aromatic heterocycles. The zero-order valence-corrected chi connectivity index (χ0v) is 21.9. The van der Waals surface area contributed by atoms with Crippen molar-refractivity contribution in [1.82, 2.24) is 14.6 Å². The number of unbranched alkanes of at least 4 members (excludes halogenated alkanes) is 1. The van der Waals surface area contributed by atoms with Crippen LogP contribution in [0.15, 0.2) is 63.0 Å². The van der Waals surface area contributed by atoms with Gasteiger partial charge in [-0.05, 0) is 42.3 Å². The standard InChI is InChI=1S/C24H18BrCl2N5O4/c1-2-3-4-21-30-20-7-5-15(25)11-17(20)24(33)31(21)29-12-14-9-18(26)23(19(27)10-14)36-22-8-6-16(13-28-22)32(34)35/h5-13H,2-4H2,1H3. The Labute approximate surface area is 223 Å². The fourth-order valence-electron chi connectivity index (χ4n) is 3.33. The molecule has 0 radical (unpaired) electrons. The highest BCUT2D eigenvalue weighted by Gasteiger charge is 2.14. The fourth-order valence-corrected chi connectivity index (χ4v) is 4.27. The lowest BCUT2D eigenvalue weighted by molar-refractivity contribution is -0.385. The molecule has 184 valence electrons. The van der Waals surface area contributed by atoms with Gasteiger partial charge < -0.3 is 4.74 Å². The Morgan fingerprint density at radius 1 is 1.19 bits per heavy atom. The molecule has 0 N–H and O–H groups in total. The number of pyridine rings is 1. The molecule has 0 saturated heterocycles. The van der Waals surface area contributed by atoms with Gasteiger partial charge >= 0.3 is 0 Å². The molecule has 0 aliphatic carbocycles. The first-order valence-electron chi connectivity index (χ1n) is 10.8. The molecular formula is C24H18BrCl2N5O4. The number of fused-ring (bicyclic) bond motifs is 1. The van der Waals surface area contributed by atoms with Gasteiger partial charge in [-0.2, -0.15) is 9.78 Å². The highest BCUT2D eigenvalue weighted by Crippen LogP contribution is 2.36. The number of nitro groups is 1. The minimum atomic E-state index is -0.562. The Morgan fingerprint density at radius 3 is 2.58 bits per heavy atom. The van der Waals surface area contributed by atoms with E-state index < -0.39 is 4.92 Å². The van der Waals surface area contributed by atoms with Gasteiger partial charge in [0.25, 0.3) is 11.2 Å². The van der Waals surface area contributed by atoms with E-state index in [2.05, 4.69) is 37.9 Å². The molecule has 12 heteroatoms. The molecule has 0 atom stereocenters. The third kappa shape index (κ3) is 5.72. The molecule has 4 aromatic rings. The number of halogens is 3. The zero-order chi connectivity index (χ0) is 25.8. The molecule has 0 unspecified atom stereocenters. The van der Waals surface area contributed by atoms with Gasteiger partial charge in [-0.1, -0.05) is 52.5 Å². The highest BCUT2D eigenvalue weighted by molar-refractivity contribution is 9.10. The Balaban J connectivity index is 1.67. The van der Waals surface area contributed by atoms with E-state index in [1.807, 2.05) is 6.07 Å². The maximum absolute atomic E-state index is 13.2. The first-order chi connectivity index (χ1) is 17.3. The smallest absolute Gasteiger partial charge is 0.287 e.